The molecule has 3 aromatic rings. The molecule has 36 heavy (non-hydrogen) atoms. The highest BCUT2D eigenvalue weighted by molar-refractivity contribution is 6.30. The van der Waals surface area contributed by atoms with Crippen molar-refractivity contribution >= 4 is 23.0 Å². The summed E-state index contributed by atoms with van der Waals surface area (Å²) in [6.07, 6.45) is 0. The molecule has 1 aliphatic rings. The number of nitriles is 1. The van der Waals surface area contributed by atoms with E-state index in [1.165, 1.54) is 5.56 Å². The Hall–Kier alpha value is -3.55. The van der Waals surface area contributed by atoms with Crippen LogP contribution in [0.25, 0.3) is 4.85 Å². The van der Waals surface area contributed by atoms with Crippen molar-refractivity contribution in [3.63, 3.8) is 0 Å². The zero-order valence-electron chi connectivity index (χ0n) is 20.5. The average molecular weight is 501 g/mol. The molecule has 184 valence electrons. The second-order valence-electron chi connectivity index (χ2n) is 8.77. The van der Waals surface area contributed by atoms with Gasteiger partial charge >= 0.3 is 0 Å². The molecule has 1 heterocycles. The number of hydrogen-bond acceptors (Lipinski definition) is 5. The zero-order valence-corrected chi connectivity index (χ0v) is 21.3. The van der Waals surface area contributed by atoms with Crippen LogP contribution in [0, 0.1) is 17.9 Å². The van der Waals surface area contributed by atoms with Crippen LogP contribution < -0.4 is 9.64 Å². The average Bonchev–Trinajstić information content (AvgIpc) is 2.93. The molecule has 0 aromatic heterocycles. The molecule has 3 aromatic carbocycles. The van der Waals surface area contributed by atoms with Gasteiger partial charge in [-0.2, -0.15) is 5.26 Å². The molecule has 0 aliphatic carbocycles. The van der Waals surface area contributed by atoms with Crippen LogP contribution in [0.4, 0.5) is 11.4 Å². The number of rotatable bonds is 8. The molecular weight excluding hydrogens is 472 g/mol. The number of nitrogens with zero attached hydrogens (tertiary/aromatic N) is 4. The van der Waals surface area contributed by atoms with E-state index in [0.29, 0.717) is 35.2 Å². The van der Waals surface area contributed by atoms with Crippen molar-refractivity contribution in [1.82, 2.24) is 4.90 Å². The number of methoxy groups -OCH3 is 1. The Morgan fingerprint density at radius 1 is 1.08 bits per heavy atom. The molecule has 0 N–H and O–H groups in total. The van der Waals surface area contributed by atoms with Crippen molar-refractivity contribution in [2.75, 3.05) is 44.9 Å². The number of anilines is 1. The minimum Gasteiger partial charge on any atom is -0.491 e. The number of halogens is 1. The Kier molecular flexibility index (Phi) is 8.46. The molecule has 4 rings (SSSR count). The minimum atomic E-state index is 0.0355. The van der Waals surface area contributed by atoms with Gasteiger partial charge in [0.1, 0.15) is 18.4 Å². The lowest BCUT2D eigenvalue weighted by atomic mass is 9.97. The van der Waals surface area contributed by atoms with Crippen LogP contribution in [0.5, 0.6) is 5.75 Å². The SMILES string of the molecule is [C-]#[N+]c1ccc([C@@H](C)N2CCN(c3ccc(OCCOC)cc3C#N)[C@H](c3ccc(Cl)cc3)C2)cc1. The highest BCUT2D eigenvalue weighted by atomic mass is 35.5. The lowest BCUT2D eigenvalue weighted by molar-refractivity contribution is 0.146. The van der Waals surface area contributed by atoms with Gasteiger partial charge in [-0.25, -0.2) is 4.85 Å². The van der Waals surface area contributed by atoms with Gasteiger partial charge in [0.2, 0.25) is 0 Å². The van der Waals surface area contributed by atoms with Crippen LogP contribution in [-0.4, -0.2) is 44.9 Å². The molecule has 1 fully saturated rings. The van der Waals surface area contributed by atoms with E-state index in [0.717, 1.165) is 30.9 Å². The van der Waals surface area contributed by atoms with E-state index in [1.54, 1.807) is 13.2 Å². The number of benzene rings is 3. The second-order valence-corrected chi connectivity index (χ2v) is 9.20. The van der Waals surface area contributed by atoms with Crippen molar-refractivity contribution in [2.24, 2.45) is 0 Å². The van der Waals surface area contributed by atoms with Crippen LogP contribution in [0.3, 0.4) is 0 Å². The highest BCUT2D eigenvalue weighted by Crippen LogP contribution is 2.37. The third-order valence-electron chi connectivity index (χ3n) is 6.67. The molecule has 1 saturated heterocycles. The monoisotopic (exact) mass is 500 g/mol. The minimum absolute atomic E-state index is 0.0355. The van der Waals surface area contributed by atoms with E-state index in [9.17, 15) is 5.26 Å². The summed E-state index contributed by atoms with van der Waals surface area (Å²) < 4.78 is 10.8. The third-order valence-corrected chi connectivity index (χ3v) is 6.92. The van der Waals surface area contributed by atoms with Crippen molar-refractivity contribution in [3.05, 3.63) is 99.9 Å². The van der Waals surface area contributed by atoms with Crippen molar-refractivity contribution in [3.8, 4) is 11.8 Å². The molecule has 0 saturated carbocycles. The molecule has 2 atom stereocenters. The van der Waals surface area contributed by atoms with Crippen LogP contribution in [0.15, 0.2) is 66.7 Å². The lowest BCUT2D eigenvalue weighted by Gasteiger charge is -2.45. The zero-order chi connectivity index (χ0) is 25.5. The quantitative estimate of drug-likeness (QED) is 0.264. The maximum absolute atomic E-state index is 9.96. The van der Waals surface area contributed by atoms with E-state index in [2.05, 4.69) is 39.8 Å². The van der Waals surface area contributed by atoms with Gasteiger partial charge in [0.05, 0.1) is 30.5 Å². The van der Waals surface area contributed by atoms with E-state index in [4.69, 9.17) is 27.6 Å². The smallest absolute Gasteiger partial charge is 0.187 e. The van der Waals surface area contributed by atoms with E-state index in [1.807, 2.05) is 48.5 Å². The molecule has 0 bridgehead atoms. The van der Waals surface area contributed by atoms with Gasteiger partial charge in [-0.3, -0.25) is 4.90 Å². The van der Waals surface area contributed by atoms with Gasteiger partial charge in [-0.05, 0) is 48.4 Å². The molecule has 0 spiro atoms. The molecule has 0 amide bonds. The summed E-state index contributed by atoms with van der Waals surface area (Å²) in [6.45, 7) is 12.7. The predicted octanol–water partition coefficient (Wildman–Crippen LogP) is 6.41. The number of piperazine rings is 1. The Labute approximate surface area is 218 Å². The fourth-order valence-electron chi connectivity index (χ4n) is 4.64. The maximum atomic E-state index is 9.96. The maximum Gasteiger partial charge on any atom is 0.187 e. The Morgan fingerprint density at radius 3 is 2.50 bits per heavy atom. The van der Waals surface area contributed by atoms with Gasteiger partial charge in [-0.1, -0.05) is 48.0 Å². The fourth-order valence-corrected chi connectivity index (χ4v) is 4.77. The van der Waals surface area contributed by atoms with Crippen molar-refractivity contribution in [2.45, 2.75) is 19.0 Å². The number of hydrogen-bond donors (Lipinski definition) is 0. The predicted molar refractivity (Wildman–Crippen MR) is 143 cm³/mol. The summed E-state index contributed by atoms with van der Waals surface area (Å²) >= 11 is 6.19. The van der Waals surface area contributed by atoms with Crippen LogP contribution in [-0.2, 0) is 4.74 Å². The Bertz CT molecular complexity index is 1250. The summed E-state index contributed by atoms with van der Waals surface area (Å²) in [6, 6.07) is 24.1. The third kappa shape index (κ3) is 5.80. The van der Waals surface area contributed by atoms with E-state index < -0.39 is 0 Å². The summed E-state index contributed by atoms with van der Waals surface area (Å²) in [4.78, 5) is 8.27. The molecule has 6 nitrogen and oxygen atoms in total. The van der Waals surface area contributed by atoms with Gasteiger partial charge in [0.15, 0.2) is 5.69 Å². The highest BCUT2D eigenvalue weighted by Gasteiger charge is 2.32. The first kappa shape index (κ1) is 25.5. The molecule has 0 unspecified atom stereocenters. The molecular formula is C29H29ClN4O2. The van der Waals surface area contributed by atoms with Crippen molar-refractivity contribution in [1.29, 1.82) is 5.26 Å². The topological polar surface area (TPSA) is 53.1 Å². The first-order chi connectivity index (χ1) is 17.5. The Morgan fingerprint density at radius 2 is 1.83 bits per heavy atom. The van der Waals surface area contributed by atoms with E-state index >= 15 is 0 Å². The van der Waals surface area contributed by atoms with Gasteiger partial charge in [-0.15, -0.1) is 0 Å². The lowest BCUT2D eigenvalue weighted by Crippen LogP contribution is -2.49. The summed E-state index contributed by atoms with van der Waals surface area (Å²) in [5.74, 6) is 0.658. The largest absolute Gasteiger partial charge is 0.491 e. The molecule has 7 heteroatoms. The summed E-state index contributed by atoms with van der Waals surface area (Å²) in [5.41, 5.74) is 4.45. The molecule has 1 aliphatic heterocycles. The van der Waals surface area contributed by atoms with Crippen LogP contribution >= 0.6 is 11.6 Å². The van der Waals surface area contributed by atoms with Gasteiger partial charge < -0.3 is 14.4 Å². The molecule has 0 radical (unpaired) electrons. The standard InChI is InChI=1S/C29H29ClN4O2/c1-21(22-6-10-26(32-2)11-7-22)33-14-15-34(29(20-33)23-4-8-25(30)9-5-23)28-13-12-27(18-24(28)19-31)36-17-16-35-3/h4-13,18,21,29H,14-17,20H2,1,3H3/t21-,29+/m1/s1. The summed E-state index contributed by atoms with van der Waals surface area (Å²) in [5, 5.41) is 10.7. The van der Waals surface area contributed by atoms with Gasteiger partial charge in [0.25, 0.3) is 0 Å². The Balaban J connectivity index is 1.63. The van der Waals surface area contributed by atoms with Crippen LogP contribution in [0.2, 0.25) is 5.02 Å². The van der Waals surface area contributed by atoms with Gasteiger partial charge in [0, 0.05) is 37.8 Å². The number of ether oxygens (including phenoxy) is 2. The normalized spacial score (nSPS) is 16.7. The fraction of sp³-hybridized carbons (Fsp3) is 0.310. The van der Waals surface area contributed by atoms with E-state index in [-0.39, 0.29) is 12.1 Å². The second kappa shape index (κ2) is 11.9. The first-order valence-electron chi connectivity index (χ1n) is 11.9. The summed E-state index contributed by atoms with van der Waals surface area (Å²) in [7, 11) is 1.63. The van der Waals surface area contributed by atoms with Crippen molar-refractivity contribution < 1.29 is 9.47 Å². The van der Waals surface area contributed by atoms with Crippen LogP contribution in [0.1, 0.15) is 35.7 Å². The first-order valence-corrected chi connectivity index (χ1v) is 12.3.